The van der Waals surface area contributed by atoms with E-state index in [4.69, 9.17) is 0 Å². The first-order chi connectivity index (χ1) is 13.9. The fourth-order valence-corrected chi connectivity index (χ4v) is 4.61. The number of benzene rings is 1. The van der Waals surface area contributed by atoms with Gasteiger partial charge in [-0.3, -0.25) is 4.79 Å². The van der Waals surface area contributed by atoms with Crippen molar-refractivity contribution in [2.75, 3.05) is 11.4 Å². The molecule has 1 spiro atoms. The zero-order chi connectivity index (χ0) is 20.6. The third-order valence-corrected chi connectivity index (χ3v) is 5.98. The third-order valence-electron chi connectivity index (χ3n) is 5.98. The molecule has 2 atom stereocenters. The number of nitrogens with one attached hydrogen (secondary N) is 1. The summed E-state index contributed by atoms with van der Waals surface area (Å²) in [5, 5.41) is 3.43. The SMILES string of the molecule is C=C(N[C@@H]1CCC[C@@]2(CCN(c3cc(F)cc(F)c3)C2=O)C1)c1ccnc(C)n1. The van der Waals surface area contributed by atoms with Gasteiger partial charge in [-0.2, -0.15) is 0 Å². The molecule has 0 radical (unpaired) electrons. The quantitative estimate of drug-likeness (QED) is 0.846. The van der Waals surface area contributed by atoms with E-state index < -0.39 is 17.0 Å². The molecule has 2 heterocycles. The van der Waals surface area contributed by atoms with Crippen molar-refractivity contribution >= 4 is 17.3 Å². The van der Waals surface area contributed by atoms with Crippen molar-refractivity contribution in [2.24, 2.45) is 5.41 Å². The molecular weight excluding hydrogens is 374 g/mol. The predicted octanol–water partition coefficient (Wildman–Crippen LogP) is 3.99. The number of rotatable bonds is 4. The van der Waals surface area contributed by atoms with Crippen LogP contribution in [0.2, 0.25) is 0 Å². The topological polar surface area (TPSA) is 58.1 Å². The summed E-state index contributed by atoms with van der Waals surface area (Å²) in [5.74, 6) is -0.714. The second kappa shape index (κ2) is 7.54. The first kappa shape index (κ1) is 19.5. The maximum absolute atomic E-state index is 13.6. The lowest BCUT2D eigenvalue weighted by Gasteiger charge is -2.37. The van der Waals surface area contributed by atoms with Crippen molar-refractivity contribution in [2.45, 2.75) is 45.1 Å². The zero-order valence-electron chi connectivity index (χ0n) is 16.4. The normalized spacial score (nSPS) is 24.2. The van der Waals surface area contributed by atoms with E-state index in [2.05, 4.69) is 21.9 Å². The lowest BCUT2D eigenvalue weighted by atomic mass is 9.71. The molecule has 4 rings (SSSR count). The summed E-state index contributed by atoms with van der Waals surface area (Å²) in [6, 6.07) is 5.16. The molecule has 1 amide bonds. The number of halogens is 2. The Bertz CT molecular complexity index is 943. The molecule has 1 N–H and O–H groups in total. The number of aryl methyl sites for hydroxylation is 1. The van der Waals surface area contributed by atoms with Crippen LogP contribution in [0.25, 0.3) is 5.70 Å². The summed E-state index contributed by atoms with van der Waals surface area (Å²) < 4.78 is 27.3. The average molecular weight is 398 g/mol. The van der Waals surface area contributed by atoms with Crippen LogP contribution in [-0.2, 0) is 4.79 Å². The van der Waals surface area contributed by atoms with Crippen molar-refractivity contribution in [3.8, 4) is 0 Å². The predicted molar refractivity (Wildman–Crippen MR) is 107 cm³/mol. The molecule has 0 unspecified atom stereocenters. The van der Waals surface area contributed by atoms with Crippen LogP contribution in [0.15, 0.2) is 37.0 Å². The Hall–Kier alpha value is -2.83. The summed E-state index contributed by atoms with van der Waals surface area (Å²) in [5.41, 5.74) is 1.25. The monoisotopic (exact) mass is 398 g/mol. The maximum atomic E-state index is 13.6. The van der Waals surface area contributed by atoms with E-state index >= 15 is 0 Å². The number of nitrogens with zero attached hydrogens (tertiary/aromatic N) is 3. The molecule has 0 bridgehead atoms. The molecular formula is C22H24F2N4O. The lowest BCUT2D eigenvalue weighted by molar-refractivity contribution is -0.127. The van der Waals surface area contributed by atoms with Crippen LogP contribution in [0, 0.1) is 24.0 Å². The van der Waals surface area contributed by atoms with Gasteiger partial charge in [-0.25, -0.2) is 18.7 Å². The van der Waals surface area contributed by atoms with Crippen LogP contribution >= 0.6 is 0 Å². The fraction of sp³-hybridized carbons (Fsp3) is 0.409. The summed E-state index contributed by atoms with van der Waals surface area (Å²) in [6.07, 6.45) is 5.68. The van der Waals surface area contributed by atoms with Gasteiger partial charge >= 0.3 is 0 Å². The lowest BCUT2D eigenvalue weighted by Crippen LogP contribution is -2.43. The first-order valence-corrected chi connectivity index (χ1v) is 9.90. The number of amides is 1. The van der Waals surface area contributed by atoms with Gasteiger partial charge < -0.3 is 10.2 Å². The van der Waals surface area contributed by atoms with Crippen molar-refractivity contribution in [1.29, 1.82) is 0 Å². The molecule has 1 aromatic heterocycles. The van der Waals surface area contributed by atoms with Gasteiger partial charge in [0.1, 0.15) is 17.5 Å². The Morgan fingerprint density at radius 2 is 2.03 bits per heavy atom. The largest absolute Gasteiger partial charge is 0.381 e. The van der Waals surface area contributed by atoms with Gasteiger partial charge in [0.05, 0.1) is 16.8 Å². The Morgan fingerprint density at radius 1 is 1.28 bits per heavy atom. The van der Waals surface area contributed by atoms with Gasteiger partial charge in [-0.15, -0.1) is 0 Å². The van der Waals surface area contributed by atoms with Crippen molar-refractivity contribution < 1.29 is 13.6 Å². The minimum Gasteiger partial charge on any atom is -0.381 e. The zero-order valence-corrected chi connectivity index (χ0v) is 16.4. The molecule has 2 aliphatic rings. The summed E-state index contributed by atoms with van der Waals surface area (Å²) in [4.78, 5) is 23.3. The minimum absolute atomic E-state index is 0.0440. The van der Waals surface area contributed by atoms with Gasteiger partial charge in [0, 0.05) is 30.5 Å². The summed E-state index contributed by atoms with van der Waals surface area (Å²) >= 11 is 0. The Morgan fingerprint density at radius 3 is 2.76 bits per heavy atom. The van der Waals surface area contributed by atoms with E-state index in [0.717, 1.165) is 31.0 Å². The minimum atomic E-state index is -0.673. The second-order valence-corrected chi connectivity index (χ2v) is 8.02. The van der Waals surface area contributed by atoms with Crippen LogP contribution < -0.4 is 10.2 Å². The number of hydrogen-bond acceptors (Lipinski definition) is 4. The maximum Gasteiger partial charge on any atom is 0.233 e. The highest BCUT2D eigenvalue weighted by Gasteiger charge is 2.49. The van der Waals surface area contributed by atoms with Crippen LogP contribution in [0.4, 0.5) is 14.5 Å². The Kier molecular flexibility index (Phi) is 5.06. The van der Waals surface area contributed by atoms with Gasteiger partial charge in [0.25, 0.3) is 0 Å². The van der Waals surface area contributed by atoms with E-state index in [9.17, 15) is 13.6 Å². The smallest absolute Gasteiger partial charge is 0.233 e. The highest BCUT2D eigenvalue weighted by atomic mass is 19.1. The molecule has 1 aromatic carbocycles. The molecule has 2 aromatic rings. The second-order valence-electron chi connectivity index (χ2n) is 8.02. The van der Waals surface area contributed by atoms with Crippen molar-refractivity contribution in [3.63, 3.8) is 0 Å². The molecule has 152 valence electrons. The highest BCUT2D eigenvalue weighted by Crippen LogP contribution is 2.46. The standard InChI is InChI=1S/C22H24F2N4O/c1-14(20-5-8-25-15(2)27-20)26-18-4-3-6-22(13-18)7-9-28(21(22)29)19-11-16(23)10-17(24)12-19/h5,8,10-12,18,26H,1,3-4,6-7,9,13H2,2H3/t18-,22-/m1/s1. The van der Waals surface area contributed by atoms with Gasteiger partial charge in [0.2, 0.25) is 5.91 Å². The average Bonchev–Trinajstić information content (AvgIpc) is 2.97. The van der Waals surface area contributed by atoms with E-state index in [1.165, 1.54) is 17.0 Å². The van der Waals surface area contributed by atoms with E-state index in [0.29, 0.717) is 36.6 Å². The molecule has 29 heavy (non-hydrogen) atoms. The molecule has 2 fully saturated rings. The van der Waals surface area contributed by atoms with Crippen molar-refractivity contribution in [3.05, 3.63) is 60.2 Å². The van der Waals surface area contributed by atoms with Crippen LogP contribution in [0.3, 0.4) is 0 Å². The van der Waals surface area contributed by atoms with Crippen LogP contribution in [-0.4, -0.2) is 28.5 Å². The van der Waals surface area contributed by atoms with Gasteiger partial charge in [-0.1, -0.05) is 13.0 Å². The molecule has 1 aliphatic heterocycles. The first-order valence-electron chi connectivity index (χ1n) is 9.90. The van der Waals surface area contributed by atoms with E-state index in [-0.39, 0.29) is 11.9 Å². The number of carbonyl (C=O) groups is 1. The third kappa shape index (κ3) is 3.86. The van der Waals surface area contributed by atoms with Gasteiger partial charge in [0.15, 0.2) is 0 Å². The number of hydrogen-bond donors (Lipinski definition) is 1. The van der Waals surface area contributed by atoms with E-state index in [1.54, 1.807) is 6.20 Å². The molecule has 1 saturated carbocycles. The highest BCUT2D eigenvalue weighted by molar-refractivity contribution is 6.00. The Labute approximate surface area is 168 Å². The molecule has 7 heteroatoms. The molecule has 5 nitrogen and oxygen atoms in total. The molecule has 1 saturated heterocycles. The van der Waals surface area contributed by atoms with Crippen molar-refractivity contribution in [1.82, 2.24) is 15.3 Å². The van der Waals surface area contributed by atoms with Crippen LogP contribution in [0.1, 0.15) is 43.6 Å². The van der Waals surface area contributed by atoms with E-state index in [1.807, 2.05) is 13.0 Å². The van der Waals surface area contributed by atoms with Crippen LogP contribution in [0.5, 0.6) is 0 Å². The number of aromatic nitrogens is 2. The van der Waals surface area contributed by atoms with Gasteiger partial charge in [-0.05, 0) is 50.8 Å². The number of carbonyl (C=O) groups excluding carboxylic acids is 1. The fourth-order valence-electron chi connectivity index (χ4n) is 4.61. The molecule has 1 aliphatic carbocycles. The summed E-state index contributed by atoms with van der Waals surface area (Å²) in [6.45, 7) is 6.40. The number of anilines is 1. The summed E-state index contributed by atoms with van der Waals surface area (Å²) in [7, 11) is 0. The Balaban J connectivity index is 1.49.